The second-order valence-electron chi connectivity index (χ2n) is 8.71. The third-order valence-corrected chi connectivity index (χ3v) is 5.79. The first kappa shape index (κ1) is 20.9. The molecular weight excluding hydrogens is 412 g/mol. The SMILES string of the molecule is CC(Nc1c(C(N)=O)cnn2cc(-n3ccc(-c4ccc(Cl)cc4)n3)cc12)C(C)(C)C. The molecule has 0 saturated carbocycles. The number of carbonyl (C=O) groups excluding carboxylic acids is 1. The van der Waals surface area contributed by atoms with Gasteiger partial charge in [-0.3, -0.25) is 4.79 Å². The fraction of sp³-hybridized carbons (Fsp3) is 0.261. The monoisotopic (exact) mass is 436 g/mol. The molecule has 0 saturated heterocycles. The van der Waals surface area contributed by atoms with Crippen LogP contribution in [0.3, 0.4) is 0 Å². The topological polar surface area (TPSA) is 90.2 Å². The molecule has 0 aliphatic rings. The van der Waals surface area contributed by atoms with Crippen LogP contribution in [-0.2, 0) is 0 Å². The second kappa shape index (κ2) is 7.74. The molecule has 0 fully saturated rings. The minimum Gasteiger partial charge on any atom is -0.380 e. The van der Waals surface area contributed by atoms with E-state index in [-0.39, 0.29) is 11.5 Å². The van der Waals surface area contributed by atoms with Crippen LogP contribution in [0.5, 0.6) is 0 Å². The number of benzene rings is 1. The van der Waals surface area contributed by atoms with Crippen molar-refractivity contribution in [1.82, 2.24) is 19.4 Å². The first-order chi connectivity index (χ1) is 14.6. The summed E-state index contributed by atoms with van der Waals surface area (Å²) >= 11 is 5.99. The van der Waals surface area contributed by atoms with Gasteiger partial charge in [0.15, 0.2) is 0 Å². The molecule has 1 amide bonds. The average Bonchev–Trinajstić information content (AvgIpc) is 3.35. The molecule has 0 bridgehead atoms. The number of hydrogen-bond acceptors (Lipinski definition) is 4. The fourth-order valence-corrected chi connectivity index (χ4v) is 3.31. The number of anilines is 1. The van der Waals surface area contributed by atoms with Gasteiger partial charge in [-0.15, -0.1) is 0 Å². The van der Waals surface area contributed by atoms with E-state index >= 15 is 0 Å². The normalized spacial score (nSPS) is 12.8. The minimum absolute atomic E-state index is 0.0138. The van der Waals surface area contributed by atoms with E-state index in [9.17, 15) is 4.79 Å². The van der Waals surface area contributed by atoms with Crippen molar-refractivity contribution in [3.05, 3.63) is 65.6 Å². The molecule has 4 aromatic rings. The second-order valence-corrected chi connectivity index (χ2v) is 9.15. The minimum atomic E-state index is -0.523. The van der Waals surface area contributed by atoms with E-state index < -0.39 is 5.91 Å². The molecule has 0 radical (unpaired) electrons. The highest BCUT2D eigenvalue weighted by atomic mass is 35.5. The standard InChI is InChI=1S/C23H25ClN6O/c1-14(23(2,3)4)27-21-18(22(25)31)12-26-30-13-17(11-20(21)30)29-10-9-19(28-29)15-5-7-16(24)8-6-15/h5-14,27H,1-4H3,(H2,25,31). The van der Waals surface area contributed by atoms with Crippen molar-refractivity contribution < 1.29 is 4.79 Å². The zero-order chi connectivity index (χ0) is 22.3. The zero-order valence-electron chi connectivity index (χ0n) is 17.9. The van der Waals surface area contributed by atoms with Crippen LogP contribution in [0.4, 0.5) is 5.69 Å². The van der Waals surface area contributed by atoms with E-state index in [0.29, 0.717) is 16.3 Å². The smallest absolute Gasteiger partial charge is 0.252 e. The average molecular weight is 437 g/mol. The Hall–Kier alpha value is -3.32. The number of fused-ring (bicyclic) bond motifs is 1. The third-order valence-electron chi connectivity index (χ3n) is 5.54. The number of nitrogens with one attached hydrogen (secondary N) is 1. The van der Waals surface area contributed by atoms with Crippen LogP contribution in [0.25, 0.3) is 22.5 Å². The summed E-state index contributed by atoms with van der Waals surface area (Å²) in [5.41, 5.74) is 10.0. The fourth-order valence-electron chi connectivity index (χ4n) is 3.18. The largest absolute Gasteiger partial charge is 0.380 e. The van der Waals surface area contributed by atoms with Crippen molar-refractivity contribution >= 4 is 28.7 Å². The highest BCUT2D eigenvalue weighted by Crippen LogP contribution is 2.30. The van der Waals surface area contributed by atoms with E-state index in [1.807, 2.05) is 48.8 Å². The maximum Gasteiger partial charge on any atom is 0.252 e. The van der Waals surface area contributed by atoms with Crippen molar-refractivity contribution in [2.75, 3.05) is 5.32 Å². The summed E-state index contributed by atoms with van der Waals surface area (Å²) in [6.07, 6.45) is 5.25. The van der Waals surface area contributed by atoms with Crippen molar-refractivity contribution in [1.29, 1.82) is 0 Å². The van der Waals surface area contributed by atoms with Crippen LogP contribution in [0, 0.1) is 5.41 Å². The van der Waals surface area contributed by atoms with E-state index in [0.717, 1.165) is 22.5 Å². The first-order valence-electron chi connectivity index (χ1n) is 10.0. The molecule has 0 aliphatic heterocycles. The van der Waals surface area contributed by atoms with Gasteiger partial charge in [-0.25, -0.2) is 9.20 Å². The van der Waals surface area contributed by atoms with Crippen LogP contribution < -0.4 is 11.1 Å². The molecule has 7 nitrogen and oxygen atoms in total. The Labute approximate surface area is 185 Å². The Morgan fingerprint density at radius 2 is 1.90 bits per heavy atom. The van der Waals surface area contributed by atoms with E-state index in [1.165, 1.54) is 6.20 Å². The molecule has 3 N–H and O–H groups in total. The van der Waals surface area contributed by atoms with E-state index in [1.54, 1.807) is 9.20 Å². The molecule has 3 aromatic heterocycles. The molecule has 160 valence electrons. The molecule has 0 spiro atoms. The number of primary amides is 1. The van der Waals surface area contributed by atoms with Crippen LogP contribution in [0.1, 0.15) is 38.1 Å². The van der Waals surface area contributed by atoms with Gasteiger partial charge < -0.3 is 11.1 Å². The molecule has 1 unspecified atom stereocenters. The number of nitrogens with two attached hydrogens (primary N) is 1. The summed E-state index contributed by atoms with van der Waals surface area (Å²) in [5.74, 6) is -0.523. The molecule has 31 heavy (non-hydrogen) atoms. The van der Waals surface area contributed by atoms with Gasteiger partial charge in [0.2, 0.25) is 0 Å². The Morgan fingerprint density at radius 3 is 2.55 bits per heavy atom. The Bertz CT molecular complexity index is 1250. The van der Waals surface area contributed by atoms with Crippen LogP contribution in [-0.4, -0.2) is 31.3 Å². The van der Waals surface area contributed by atoms with Gasteiger partial charge in [0.1, 0.15) is 0 Å². The van der Waals surface area contributed by atoms with Gasteiger partial charge in [0, 0.05) is 22.8 Å². The Balaban J connectivity index is 1.77. The summed E-state index contributed by atoms with van der Waals surface area (Å²) in [7, 11) is 0. The lowest BCUT2D eigenvalue weighted by molar-refractivity contribution is 0.100. The first-order valence-corrected chi connectivity index (χ1v) is 10.4. The number of rotatable bonds is 5. The summed E-state index contributed by atoms with van der Waals surface area (Å²) in [4.78, 5) is 12.1. The maximum atomic E-state index is 12.1. The molecule has 8 heteroatoms. The molecule has 0 aliphatic carbocycles. The molecule has 3 heterocycles. The Morgan fingerprint density at radius 1 is 1.19 bits per heavy atom. The number of hydrogen-bond donors (Lipinski definition) is 2. The molecule has 1 atom stereocenters. The van der Waals surface area contributed by atoms with Gasteiger partial charge in [0.25, 0.3) is 5.91 Å². The highest BCUT2D eigenvalue weighted by Gasteiger charge is 2.24. The third kappa shape index (κ3) is 4.14. The van der Waals surface area contributed by atoms with Gasteiger partial charge in [-0.1, -0.05) is 44.5 Å². The number of amides is 1. The predicted octanol–water partition coefficient (Wildman–Crippen LogP) is 4.79. The lowest BCUT2D eigenvalue weighted by Gasteiger charge is -2.29. The summed E-state index contributed by atoms with van der Waals surface area (Å²) in [6, 6.07) is 11.5. The van der Waals surface area contributed by atoms with Crippen molar-refractivity contribution in [3.63, 3.8) is 0 Å². The predicted molar refractivity (Wildman–Crippen MR) is 124 cm³/mol. The molecule has 4 rings (SSSR count). The molecule has 1 aromatic carbocycles. The number of nitrogens with zero attached hydrogens (tertiary/aromatic N) is 4. The summed E-state index contributed by atoms with van der Waals surface area (Å²) < 4.78 is 3.50. The van der Waals surface area contributed by atoms with Gasteiger partial charge >= 0.3 is 0 Å². The van der Waals surface area contributed by atoms with Crippen molar-refractivity contribution in [2.24, 2.45) is 11.1 Å². The van der Waals surface area contributed by atoms with Gasteiger partial charge in [-0.2, -0.15) is 10.2 Å². The maximum absolute atomic E-state index is 12.1. The van der Waals surface area contributed by atoms with E-state index in [4.69, 9.17) is 17.3 Å². The van der Waals surface area contributed by atoms with Gasteiger partial charge in [-0.05, 0) is 36.6 Å². The van der Waals surface area contributed by atoms with Crippen LogP contribution in [0.2, 0.25) is 5.02 Å². The van der Waals surface area contributed by atoms with Crippen LogP contribution in [0.15, 0.2) is 55.0 Å². The Kier molecular flexibility index (Phi) is 5.23. The number of carbonyl (C=O) groups is 1. The highest BCUT2D eigenvalue weighted by molar-refractivity contribution is 6.30. The number of aromatic nitrogens is 4. The van der Waals surface area contributed by atoms with Gasteiger partial charge in [0.05, 0.1) is 40.5 Å². The van der Waals surface area contributed by atoms with E-state index in [2.05, 4.69) is 43.2 Å². The number of halogens is 1. The zero-order valence-corrected chi connectivity index (χ0v) is 18.7. The summed E-state index contributed by atoms with van der Waals surface area (Å²) in [5, 5.41) is 13.2. The van der Waals surface area contributed by atoms with Crippen molar-refractivity contribution in [2.45, 2.75) is 33.7 Å². The summed E-state index contributed by atoms with van der Waals surface area (Å²) in [6.45, 7) is 8.49. The quantitative estimate of drug-likeness (QED) is 0.470. The lowest BCUT2D eigenvalue weighted by atomic mass is 9.88. The van der Waals surface area contributed by atoms with Crippen molar-refractivity contribution in [3.8, 4) is 16.9 Å². The molecular formula is C23H25ClN6O. The van der Waals surface area contributed by atoms with Crippen LogP contribution >= 0.6 is 11.6 Å². The lowest BCUT2D eigenvalue weighted by Crippen LogP contribution is -2.32.